The van der Waals surface area contributed by atoms with Crippen LogP contribution in [0.5, 0.6) is 0 Å². The van der Waals surface area contributed by atoms with E-state index in [1.54, 1.807) is 11.0 Å². The van der Waals surface area contributed by atoms with E-state index in [-0.39, 0.29) is 10.9 Å². The second kappa shape index (κ2) is 5.36. The standard InChI is InChI=1S/C12H12BrClFNO/c13-9-2-1-5-16(7-9)12(17)8-3-4-10(14)11(15)6-8/h3-4,6,9H,1-2,5,7H2. The van der Waals surface area contributed by atoms with E-state index in [1.807, 2.05) is 0 Å². The van der Waals surface area contributed by atoms with Gasteiger partial charge in [-0.2, -0.15) is 0 Å². The summed E-state index contributed by atoms with van der Waals surface area (Å²) in [7, 11) is 0. The summed E-state index contributed by atoms with van der Waals surface area (Å²) in [6.07, 6.45) is 2.04. The number of hydrogen-bond donors (Lipinski definition) is 0. The predicted molar refractivity (Wildman–Crippen MR) is 69.3 cm³/mol. The minimum atomic E-state index is -0.551. The second-order valence-corrected chi connectivity index (χ2v) is 5.82. The number of carbonyl (C=O) groups excluding carboxylic acids is 1. The molecule has 0 radical (unpaired) electrons. The summed E-state index contributed by atoms with van der Waals surface area (Å²) in [6, 6.07) is 4.17. The van der Waals surface area contributed by atoms with E-state index in [2.05, 4.69) is 15.9 Å². The molecule has 0 N–H and O–H groups in total. The molecule has 1 atom stereocenters. The van der Waals surface area contributed by atoms with Crippen molar-refractivity contribution in [2.45, 2.75) is 17.7 Å². The first-order chi connectivity index (χ1) is 8.08. The molecule has 1 unspecified atom stereocenters. The highest BCUT2D eigenvalue weighted by atomic mass is 79.9. The fourth-order valence-corrected chi connectivity index (χ4v) is 2.71. The molecule has 92 valence electrons. The number of nitrogens with zero attached hydrogens (tertiary/aromatic N) is 1. The zero-order valence-electron chi connectivity index (χ0n) is 9.13. The summed E-state index contributed by atoms with van der Waals surface area (Å²) in [5, 5.41) is 0.0403. The minimum absolute atomic E-state index is 0.0403. The average molecular weight is 321 g/mol. The Bertz CT molecular complexity index is 441. The van der Waals surface area contributed by atoms with Crippen molar-refractivity contribution < 1.29 is 9.18 Å². The lowest BCUT2D eigenvalue weighted by atomic mass is 10.1. The number of hydrogen-bond acceptors (Lipinski definition) is 1. The molecule has 1 amide bonds. The van der Waals surface area contributed by atoms with Crippen LogP contribution in [-0.4, -0.2) is 28.7 Å². The van der Waals surface area contributed by atoms with E-state index >= 15 is 0 Å². The number of alkyl halides is 1. The number of amides is 1. The molecule has 1 aliphatic rings. The molecule has 1 aliphatic heterocycles. The molecule has 0 saturated carbocycles. The van der Waals surface area contributed by atoms with Crippen LogP contribution in [-0.2, 0) is 0 Å². The van der Waals surface area contributed by atoms with Gasteiger partial charge in [0, 0.05) is 23.5 Å². The molecule has 2 nitrogen and oxygen atoms in total. The average Bonchev–Trinajstić information content (AvgIpc) is 2.32. The van der Waals surface area contributed by atoms with Crippen molar-refractivity contribution >= 4 is 33.4 Å². The Labute approximate surface area is 113 Å². The third-order valence-electron chi connectivity index (χ3n) is 2.82. The van der Waals surface area contributed by atoms with E-state index in [4.69, 9.17) is 11.6 Å². The van der Waals surface area contributed by atoms with E-state index in [0.717, 1.165) is 19.4 Å². The number of likely N-dealkylation sites (tertiary alicyclic amines) is 1. The molecule has 1 fully saturated rings. The van der Waals surface area contributed by atoms with Crippen LogP contribution in [0, 0.1) is 5.82 Å². The molecule has 0 spiro atoms. The van der Waals surface area contributed by atoms with Crippen molar-refractivity contribution in [1.82, 2.24) is 4.90 Å². The molecule has 17 heavy (non-hydrogen) atoms. The lowest BCUT2D eigenvalue weighted by molar-refractivity contribution is 0.0729. The quantitative estimate of drug-likeness (QED) is 0.726. The number of halogens is 3. The third-order valence-corrected chi connectivity index (χ3v) is 3.87. The van der Waals surface area contributed by atoms with Crippen LogP contribution >= 0.6 is 27.5 Å². The van der Waals surface area contributed by atoms with Gasteiger partial charge in [-0.1, -0.05) is 27.5 Å². The highest BCUT2D eigenvalue weighted by Gasteiger charge is 2.23. The lowest BCUT2D eigenvalue weighted by Crippen LogP contribution is -2.40. The molecule has 1 saturated heterocycles. The van der Waals surface area contributed by atoms with Crippen molar-refractivity contribution in [2.75, 3.05) is 13.1 Å². The normalized spacial score (nSPS) is 20.4. The van der Waals surface area contributed by atoms with Gasteiger partial charge in [-0.05, 0) is 31.0 Å². The molecular formula is C12H12BrClFNO. The molecule has 1 aromatic rings. The highest BCUT2D eigenvalue weighted by Crippen LogP contribution is 2.21. The van der Waals surface area contributed by atoms with Gasteiger partial charge in [0.1, 0.15) is 5.82 Å². The Morgan fingerprint density at radius 2 is 2.29 bits per heavy atom. The van der Waals surface area contributed by atoms with Gasteiger partial charge in [-0.15, -0.1) is 0 Å². The summed E-state index contributed by atoms with van der Waals surface area (Å²) in [4.78, 5) is 14.2. The van der Waals surface area contributed by atoms with Crippen LogP contribution < -0.4 is 0 Å². The maximum atomic E-state index is 13.3. The Balaban J connectivity index is 2.15. The van der Waals surface area contributed by atoms with Crippen LogP contribution in [0.15, 0.2) is 18.2 Å². The van der Waals surface area contributed by atoms with E-state index in [9.17, 15) is 9.18 Å². The van der Waals surface area contributed by atoms with Crippen molar-refractivity contribution in [2.24, 2.45) is 0 Å². The summed E-state index contributed by atoms with van der Waals surface area (Å²) in [5.74, 6) is -0.686. The van der Waals surface area contributed by atoms with Gasteiger partial charge in [-0.25, -0.2) is 4.39 Å². The Morgan fingerprint density at radius 1 is 1.53 bits per heavy atom. The Hall–Kier alpha value is -0.610. The van der Waals surface area contributed by atoms with E-state index in [0.29, 0.717) is 16.9 Å². The summed E-state index contributed by atoms with van der Waals surface area (Å²) >= 11 is 9.09. The topological polar surface area (TPSA) is 20.3 Å². The van der Waals surface area contributed by atoms with Gasteiger partial charge in [0.25, 0.3) is 5.91 Å². The van der Waals surface area contributed by atoms with E-state index < -0.39 is 5.82 Å². The predicted octanol–water partition coefficient (Wildman–Crippen LogP) is 3.48. The van der Waals surface area contributed by atoms with Crippen molar-refractivity contribution in [1.29, 1.82) is 0 Å². The maximum Gasteiger partial charge on any atom is 0.253 e. The van der Waals surface area contributed by atoms with Crippen LogP contribution in [0.4, 0.5) is 4.39 Å². The first-order valence-electron chi connectivity index (χ1n) is 5.46. The number of benzene rings is 1. The number of carbonyl (C=O) groups is 1. The van der Waals surface area contributed by atoms with Gasteiger partial charge < -0.3 is 4.90 Å². The fraction of sp³-hybridized carbons (Fsp3) is 0.417. The smallest absolute Gasteiger partial charge is 0.253 e. The summed E-state index contributed by atoms with van der Waals surface area (Å²) in [6.45, 7) is 1.40. The summed E-state index contributed by atoms with van der Waals surface area (Å²) in [5.41, 5.74) is 0.355. The van der Waals surface area contributed by atoms with Crippen LogP contribution in [0.2, 0.25) is 5.02 Å². The van der Waals surface area contributed by atoms with Gasteiger partial charge in [0.05, 0.1) is 5.02 Å². The minimum Gasteiger partial charge on any atom is -0.338 e. The largest absolute Gasteiger partial charge is 0.338 e. The van der Waals surface area contributed by atoms with Gasteiger partial charge in [-0.3, -0.25) is 4.79 Å². The molecule has 5 heteroatoms. The molecular weight excluding hydrogens is 308 g/mol. The Morgan fingerprint density at radius 3 is 2.94 bits per heavy atom. The first kappa shape index (κ1) is 12.8. The Kier molecular flexibility index (Phi) is 4.05. The monoisotopic (exact) mass is 319 g/mol. The maximum absolute atomic E-state index is 13.3. The molecule has 1 heterocycles. The molecule has 0 bridgehead atoms. The van der Waals surface area contributed by atoms with Gasteiger partial charge >= 0.3 is 0 Å². The zero-order chi connectivity index (χ0) is 12.4. The number of rotatable bonds is 1. The van der Waals surface area contributed by atoms with E-state index in [1.165, 1.54) is 12.1 Å². The molecule has 0 aliphatic carbocycles. The van der Waals surface area contributed by atoms with Gasteiger partial charge in [0.15, 0.2) is 0 Å². The molecule has 0 aromatic heterocycles. The molecule has 2 rings (SSSR count). The fourth-order valence-electron chi connectivity index (χ4n) is 1.92. The SMILES string of the molecule is O=C(c1ccc(Cl)c(F)c1)N1CCCC(Br)C1. The van der Waals surface area contributed by atoms with Crippen LogP contribution in [0.3, 0.4) is 0 Å². The van der Waals surface area contributed by atoms with Crippen molar-refractivity contribution in [3.8, 4) is 0 Å². The number of piperidine rings is 1. The zero-order valence-corrected chi connectivity index (χ0v) is 11.5. The van der Waals surface area contributed by atoms with Crippen LogP contribution in [0.1, 0.15) is 23.2 Å². The van der Waals surface area contributed by atoms with Crippen molar-refractivity contribution in [3.63, 3.8) is 0 Å². The first-order valence-corrected chi connectivity index (χ1v) is 6.75. The van der Waals surface area contributed by atoms with Crippen LogP contribution in [0.25, 0.3) is 0 Å². The second-order valence-electron chi connectivity index (χ2n) is 4.12. The molecule has 1 aromatic carbocycles. The van der Waals surface area contributed by atoms with Gasteiger partial charge in [0.2, 0.25) is 0 Å². The summed E-state index contributed by atoms with van der Waals surface area (Å²) < 4.78 is 13.3. The van der Waals surface area contributed by atoms with Crippen molar-refractivity contribution in [3.05, 3.63) is 34.6 Å². The lowest BCUT2D eigenvalue weighted by Gasteiger charge is -2.30. The third kappa shape index (κ3) is 2.99. The highest BCUT2D eigenvalue weighted by molar-refractivity contribution is 9.09.